The van der Waals surface area contributed by atoms with E-state index in [0.29, 0.717) is 22.7 Å². The zero-order valence-corrected chi connectivity index (χ0v) is 24.5. The summed E-state index contributed by atoms with van der Waals surface area (Å²) < 4.78 is 28.9. The number of hydrogen-bond donors (Lipinski definition) is 1. The minimum Gasteiger partial charge on any atom is -0.352 e. The van der Waals surface area contributed by atoms with Crippen LogP contribution in [-0.4, -0.2) is 50.3 Å². The van der Waals surface area contributed by atoms with Gasteiger partial charge in [-0.15, -0.1) is 0 Å². The van der Waals surface area contributed by atoms with Gasteiger partial charge >= 0.3 is 0 Å². The van der Waals surface area contributed by atoms with Crippen LogP contribution in [0.15, 0.2) is 83.8 Å². The maximum absolute atomic E-state index is 14.0. The summed E-state index contributed by atoms with van der Waals surface area (Å²) in [5.41, 5.74) is 1.98. The van der Waals surface area contributed by atoms with Gasteiger partial charge in [0.25, 0.3) is 10.0 Å². The number of sulfonamides is 1. The summed E-state index contributed by atoms with van der Waals surface area (Å²) in [7, 11) is -4.13. The van der Waals surface area contributed by atoms with E-state index in [-0.39, 0.29) is 23.4 Å². The van der Waals surface area contributed by atoms with Gasteiger partial charge in [-0.05, 0) is 68.5 Å². The third-order valence-corrected chi connectivity index (χ3v) is 9.41. The topological polar surface area (TPSA) is 86.8 Å². The van der Waals surface area contributed by atoms with Crippen LogP contribution in [0.2, 0.25) is 5.02 Å². The molecule has 2 amide bonds. The van der Waals surface area contributed by atoms with Crippen LogP contribution < -0.4 is 9.62 Å². The highest BCUT2D eigenvalue weighted by atomic mass is 35.5. The van der Waals surface area contributed by atoms with Crippen LogP contribution in [0.5, 0.6) is 0 Å². The fourth-order valence-corrected chi connectivity index (χ4v) is 6.70. The number of amides is 2. The van der Waals surface area contributed by atoms with Crippen LogP contribution in [0.25, 0.3) is 0 Å². The Morgan fingerprint density at radius 1 is 0.975 bits per heavy atom. The Hall–Kier alpha value is -3.36. The van der Waals surface area contributed by atoms with Crippen molar-refractivity contribution in [2.45, 2.75) is 62.9 Å². The second-order valence-electron chi connectivity index (χ2n) is 10.2. The van der Waals surface area contributed by atoms with Crippen LogP contribution in [0.1, 0.15) is 43.7 Å². The molecule has 3 aromatic rings. The lowest BCUT2D eigenvalue weighted by atomic mass is 10.1. The molecule has 9 heteroatoms. The molecule has 0 saturated heterocycles. The molecule has 7 nitrogen and oxygen atoms in total. The Bertz CT molecular complexity index is 1410. The van der Waals surface area contributed by atoms with E-state index in [1.54, 1.807) is 50.2 Å². The van der Waals surface area contributed by atoms with Crippen molar-refractivity contribution in [3.8, 4) is 0 Å². The average Bonchev–Trinajstić information content (AvgIpc) is 3.47. The van der Waals surface area contributed by atoms with Crippen molar-refractivity contribution >= 4 is 39.1 Å². The molecule has 1 saturated carbocycles. The van der Waals surface area contributed by atoms with Crippen LogP contribution >= 0.6 is 11.6 Å². The molecule has 1 fully saturated rings. The van der Waals surface area contributed by atoms with Gasteiger partial charge in [0.2, 0.25) is 11.8 Å². The number of carbonyl (C=O) groups is 2. The third-order valence-electron chi connectivity index (χ3n) is 7.40. The Morgan fingerprint density at radius 2 is 1.60 bits per heavy atom. The first-order chi connectivity index (χ1) is 19.2. The number of aryl methyl sites for hydroxylation is 1. The van der Waals surface area contributed by atoms with Gasteiger partial charge in [-0.25, -0.2) is 8.42 Å². The Kier molecular flexibility index (Phi) is 9.87. The van der Waals surface area contributed by atoms with Gasteiger partial charge in [-0.2, -0.15) is 0 Å². The van der Waals surface area contributed by atoms with Crippen molar-refractivity contribution in [3.05, 3.63) is 95.0 Å². The predicted octanol–water partition coefficient (Wildman–Crippen LogP) is 5.36. The Labute approximate surface area is 242 Å². The summed E-state index contributed by atoms with van der Waals surface area (Å²) in [5.74, 6) is -0.700. The number of nitrogens with zero attached hydrogens (tertiary/aromatic N) is 2. The number of halogens is 1. The van der Waals surface area contributed by atoms with Gasteiger partial charge in [0, 0.05) is 17.6 Å². The third kappa shape index (κ3) is 7.23. The average molecular weight is 582 g/mol. The summed E-state index contributed by atoms with van der Waals surface area (Å²) in [6.07, 6.45) is 4.51. The first-order valence-electron chi connectivity index (χ1n) is 13.6. The van der Waals surface area contributed by atoms with Gasteiger partial charge in [-0.3, -0.25) is 13.9 Å². The fraction of sp³-hybridized carbons (Fsp3) is 0.355. The predicted molar refractivity (Wildman–Crippen MR) is 159 cm³/mol. The fourth-order valence-electron chi connectivity index (χ4n) is 5.05. The molecule has 1 aliphatic rings. The van der Waals surface area contributed by atoms with Crippen LogP contribution in [0, 0.1) is 6.92 Å². The molecule has 3 aromatic carbocycles. The molecule has 0 radical (unpaired) electrons. The van der Waals surface area contributed by atoms with E-state index in [4.69, 9.17) is 11.6 Å². The summed E-state index contributed by atoms with van der Waals surface area (Å²) in [6.45, 7) is 3.26. The van der Waals surface area contributed by atoms with E-state index in [2.05, 4.69) is 5.32 Å². The highest BCUT2D eigenvalue weighted by Gasteiger charge is 2.33. The molecule has 0 bridgehead atoms. The Balaban J connectivity index is 1.66. The van der Waals surface area contributed by atoms with E-state index in [1.165, 1.54) is 17.0 Å². The van der Waals surface area contributed by atoms with E-state index < -0.39 is 28.5 Å². The molecule has 4 rings (SSSR count). The first kappa shape index (κ1) is 29.6. The van der Waals surface area contributed by atoms with Gasteiger partial charge in [-0.1, -0.05) is 79.0 Å². The Morgan fingerprint density at radius 3 is 2.25 bits per heavy atom. The second-order valence-corrected chi connectivity index (χ2v) is 12.5. The molecule has 0 aliphatic heterocycles. The number of rotatable bonds is 11. The molecule has 0 spiro atoms. The molecule has 1 atom stereocenters. The minimum absolute atomic E-state index is 0.0602. The van der Waals surface area contributed by atoms with Crippen LogP contribution in [0.4, 0.5) is 5.69 Å². The molecular formula is C31H36ClN3O4S. The van der Waals surface area contributed by atoms with Crippen molar-refractivity contribution in [2.24, 2.45) is 0 Å². The highest BCUT2D eigenvalue weighted by molar-refractivity contribution is 7.92. The van der Waals surface area contributed by atoms with Crippen molar-refractivity contribution < 1.29 is 18.0 Å². The van der Waals surface area contributed by atoms with Crippen molar-refractivity contribution in [3.63, 3.8) is 0 Å². The lowest BCUT2D eigenvalue weighted by Crippen LogP contribution is -2.53. The smallest absolute Gasteiger partial charge is 0.264 e. The molecule has 0 heterocycles. The van der Waals surface area contributed by atoms with Gasteiger partial charge in [0.1, 0.15) is 12.6 Å². The molecule has 212 valence electrons. The molecular weight excluding hydrogens is 546 g/mol. The van der Waals surface area contributed by atoms with Gasteiger partial charge < -0.3 is 10.2 Å². The maximum atomic E-state index is 14.0. The second kappa shape index (κ2) is 13.3. The standard InChI is InChI=1S/C31H36ClN3O4S/c1-23-17-18-26(32)21-29(23)35(40(38,39)28-15-7-4-8-16-28)22-30(36)34(20-19-25-11-5-3-6-12-25)24(2)31(37)33-27-13-9-10-14-27/h3-8,11-12,15-18,21,24,27H,9-10,13-14,19-20,22H2,1-2H3,(H,33,37). The van der Waals surface area contributed by atoms with Crippen molar-refractivity contribution in [1.29, 1.82) is 0 Å². The molecule has 1 N–H and O–H groups in total. The SMILES string of the molecule is Cc1ccc(Cl)cc1N(CC(=O)N(CCc1ccccc1)C(C)C(=O)NC1CCCC1)S(=O)(=O)c1ccccc1. The van der Waals surface area contributed by atoms with E-state index in [9.17, 15) is 18.0 Å². The van der Waals surface area contributed by atoms with E-state index >= 15 is 0 Å². The first-order valence-corrected chi connectivity index (χ1v) is 15.5. The normalized spacial score (nSPS) is 14.5. The summed E-state index contributed by atoms with van der Waals surface area (Å²) >= 11 is 6.28. The van der Waals surface area contributed by atoms with Crippen molar-refractivity contribution in [1.82, 2.24) is 10.2 Å². The number of anilines is 1. The number of nitrogens with one attached hydrogen (secondary N) is 1. The van der Waals surface area contributed by atoms with Crippen molar-refractivity contribution in [2.75, 3.05) is 17.4 Å². The van der Waals surface area contributed by atoms with E-state index in [0.717, 1.165) is 35.6 Å². The highest BCUT2D eigenvalue weighted by Crippen LogP contribution is 2.30. The summed E-state index contributed by atoms with van der Waals surface area (Å²) in [6, 6.07) is 22.0. The summed E-state index contributed by atoms with van der Waals surface area (Å²) in [4.78, 5) is 28.8. The number of carbonyl (C=O) groups excluding carboxylic acids is 2. The molecule has 1 unspecified atom stereocenters. The van der Waals surface area contributed by atoms with Gasteiger partial charge in [0.15, 0.2) is 0 Å². The largest absolute Gasteiger partial charge is 0.352 e. The van der Waals surface area contributed by atoms with Crippen LogP contribution in [0.3, 0.4) is 0 Å². The molecule has 1 aliphatic carbocycles. The zero-order valence-electron chi connectivity index (χ0n) is 22.9. The van der Waals surface area contributed by atoms with Gasteiger partial charge in [0.05, 0.1) is 10.6 Å². The monoisotopic (exact) mass is 581 g/mol. The molecule has 40 heavy (non-hydrogen) atoms. The maximum Gasteiger partial charge on any atom is 0.264 e. The zero-order chi connectivity index (χ0) is 28.7. The minimum atomic E-state index is -4.13. The molecule has 0 aromatic heterocycles. The quantitative estimate of drug-likeness (QED) is 0.330. The number of hydrogen-bond acceptors (Lipinski definition) is 4. The lowest BCUT2D eigenvalue weighted by Gasteiger charge is -2.33. The van der Waals surface area contributed by atoms with Crippen LogP contribution in [-0.2, 0) is 26.0 Å². The lowest BCUT2D eigenvalue weighted by molar-refractivity contribution is -0.139. The number of benzene rings is 3. The summed E-state index contributed by atoms with van der Waals surface area (Å²) in [5, 5.41) is 3.44. The van der Waals surface area contributed by atoms with E-state index in [1.807, 2.05) is 30.3 Å².